The number of rotatable bonds is 4. The number of carbonyl (C=O) groups excluding carboxylic acids is 2. The van der Waals surface area contributed by atoms with E-state index < -0.39 is 5.91 Å². The maximum Gasteiger partial charge on any atom is 0.274 e. The van der Waals surface area contributed by atoms with Crippen molar-refractivity contribution in [3.63, 3.8) is 0 Å². The number of hydrogen-bond acceptors (Lipinski definition) is 4. The van der Waals surface area contributed by atoms with Gasteiger partial charge in [-0.1, -0.05) is 18.2 Å². The fourth-order valence-electron chi connectivity index (χ4n) is 1.65. The molecule has 2 rings (SSSR count). The van der Waals surface area contributed by atoms with Gasteiger partial charge in [-0.2, -0.15) is 5.26 Å². The van der Waals surface area contributed by atoms with Crippen molar-refractivity contribution in [3.05, 3.63) is 54.4 Å². The minimum absolute atomic E-state index is 0.247. The van der Waals surface area contributed by atoms with E-state index in [1.54, 1.807) is 48.5 Å². The minimum Gasteiger partial charge on any atom is -0.323 e. The van der Waals surface area contributed by atoms with Crippen LogP contribution in [-0.4, -0.2) is 16.8 Å². The molecule has 0 spiro atoms. The summed E-state index contributed by atoms with van der Waals surface area (Å²) in [5.74, 6) is -0.811. The van der Waals surface area contributed by atoms with Crippen LogP contribution in [0.5, 0.6) is 0 Å². The molecule has 2 aromatic rings. The molecule has 0 aliphatic rings. The Labute approximate surface area is 121 Å². The molecule has 2 N–H and O–H groups in total. The van der Waals surface area contributed by atoms with E-state index in [0.29, 0.717) is 11.4 Å². The van der Waals surface area contributed by atoms with Crippen molar-refractivity contribution < 1.29 is 9.59 Å². The Morgan fingerprint density at radius 1 is 1.05 bits per heavy atom. The van der Waals surface area contributed by atoms with Crippen LogP contribution < -0.4 is 10.6 Å². The Morgan fingerprint density at radius 3 is 2.33 bits per heavy atom. The molecule has 0 bridgehead atoms. The summed E-state index contributed by atoms with van der Waals surface area (Å²) >= 11 is 0. The third-order valence-electron chi connectivity index (χ3n) is 2.59. The van der Waals surface area contributed by atoms with Gasteiger partial charge in [0.15, 0.2) is 0 Å². The number of carbonyl (C=O) groups is 2. The lowest BCUT2D eigenvalue weighted by Gasteiger charge is -2.11. The molecule has 6 heteroatoms. The third-order valence-corrected chi connectivity index (χ3v) is 2.59. The van der Waals surface area contributed by atoms with Gasteiger partial charge < -0.3 is 10.6 Å². The summed E-state index contributed by atoms with van der Waals surface area (Å²) in [5.41, 5.74) is 1.15. The standard InChI is InChI=1S/C15H12N4O2/c16-9-8-14(20)18-11-5-1-2-6-12(11)19-15(21)13-7-3-4-10-17-13/h1-7,10H,8H2,(H,18,20)(H,19,21). The molecule has 0 saturated heterocycles. The Hall–Kier alpha value is -3.20. The monoisotopic (exact) mass is 280 g/mol. The summed E-state index contributed by atoms with van der Waals surface area (Å²) in [7, 11) is 0. The van der Waals surface area contributed by atoms with E-state index in [0.717, 1.165) is 0 Å². The predicted octanol–water partition coefficient (Wildman–Crippen LogP) is 2.19. The van der Waals surface area contributed by atoms with Crippen LogP contribution in [0.4, 0.5) is 11.4 Å². The summed E-state index contributed by atoms with van der Waals surface area (Å²) in [6.07, 6.45) is 1.28. The second-order valence-corrected chi connectivity index (χ2v) is 4.10. The van der Waals surface area contributed by atoms with Crippen molar-refractivity contribution in [2.45, 2.75) is 6.42 Å². The Kier molecular flexibility index (Phi) is 4.62. The van der Waals surface area contributed by atoms with E-state index in [2.05, 4.69) is 15.6 Å². The number of anilines is 2. The second kappa shape index (κ2) is 6.82. The van der Waals surface area contributed by atoms with E-state index in [1.807, 2.05) is 0 Å². The van der Waals surface area contributed by atoms with Crippen molar-refractivity contribution in [3.8, 4) is 6.07 Å². The molecule has 1 aromatic carbocycles. The Bertz CT molecular complexity index is 692. The van der Waals surface area contributed by atoms with Crippen molar-refractivity contribution in [1.82, 2.24) is 4.98 Å². The number of hydrogen-bond donors (Lipinski definition) is 2. The number of nitrogens with zero attached hydrogens (tertiary/aromatic N) is 2. The van der Waals surface area contributed by atoms with Gasteiger partial charge in [-0.05, 0) is 24.3 Å². The number of amides is 2. The number of pyridine rings is 1. The molecule has 0 fully saturated rings. The first-order chi connectivity index (χ1) is 10.2. The molecule has 0 aliphatic carbocycles. The number of benzene rings is 1. The predicted molar refractivity (Wildman–Crippen MR) is 77.5 cm³/mol. The van der Waals surface area contributed by atoms with Gasteiger partial charge in [-0.15, -0.1) is 0 Å². The van der Waals surface area contributed by atoms with Gasteiger partial charge in [0.1, 0.15) is 12.1 Å². The van der Waals surface area contributed by atoms with E-state index >= 15 is 0 Å². The zero-order valence-electron chi connectivity index (χ0n) is 11.0. The minimum atomic E-state index is -0.433. The maximum atomic E-state index is 12.0. The van der Waals surface area contributed by atoms with E-state index in [1.165, 1.54) is 6.20 Å². The first-order valence-electron chi connectivity index (χ1n) is 6.19. The normalized spacial score (nSPS) is 9.48. The van der Waals surface area contributed by atoms with Crippen molar-refractivity contribution in [2.24, 2.45) is 0 Å². The highest BCUT2D eigenvalue weighted by Crippen LogP contribution is 2.21. The Balaban J connectivity index is 2.15. The van der Waals surface area contributed by atoms with Crippen LogP contribution in [0.2, 0.25) is 0 Å². The highest BCUT2D eigenvalue weighted by molar-refractivity contribution is 6.06. The molecule has 1 aromatic heterocycles. The number of aromatic nitrogens is 1. The average molecular weight is 280 g/mol. The van der Waals surface area contributed by atoms with Crippen LogP contribution in [0, 0.1) is 11.3 Å². The largest absolute Gasteiger partial charge is 0.323 e. The molecule has 0 radical (unpaired) electrons. The van der Waals surface area contributed by atoms with Gasteiger partial charge in [0.25, 0.3) is 5.91 Å². The molecule has 6 nitrogen and oxygen atoms in total. The molecule has 21 heavy (non-hydrogen) atoms. The van der Waals surface area contributed by atoms with E-state index in [9.17, 15) is 9.59 Å². The molecule has 2 amide bonds. The van der Waals surface area contributed by atoms with Gasteiger partial charge in [-0.25, -0.2) is 0 Å². The fourth-order valence-corrected chi connectivity index (χ4v) is 1.65. The van der Waals surface area contributed by atoms with Crippen molar-refractivity contribution in [1.29, 1.82) is 5.26 Å². The molecule has 1 heterocycles. The highest BCUT2D eigenvalue weighted by atomic mass is 16.2. The molecule has 104 valence electrons. The SMILES string of the molecule is N#CCC(=O)Nc1ccccc1NC(=O)c1ccccn1. The van der Waals surface area contributed by atoms with E-state index in [4.69, 9.17) is 5.26 Å². The maximum absolute atomic E-state index is 12.0. The van der Waals surface area contributed by atoms with Gasteiger partial charge in [0, 0.05) is 6.20 Å². The lowest BCUT2D eigenvalue weighted by molar-refractivity contribution is -0.115. The second-order valence-electron chi connectivity index (χ2n) is 4.10. The smallest absolute Gasteiger partial charge is 0.274 e. The topological polar surface area (TPSA) is 94.9 Å². The summed E-state index contributed by atoms with van der Waals surface area (Å²) < 4.78 is 0. The van der Waals surface area contributed by atoms with Crippen LogP contribution in [0.15, 0.2) is 48.7 Å². The lowest BCUT2D eigenvalue weighted by atomic mass is 10.2. The summed E-state index contributed by atoms with van der Waals surface area (Å²) in [4.78, 5) is 27.5. The van der Waals surface area contributed by atoms with Crippen LogP contribution >= 0.6 is 0 Å². The van der Waals surface area contributed by atoms with Crippen molar-refractivity contribution >= 4 is 23.2 Å². The van der Waals surface area contributed by atoms with Gasteiger partial charge >= 0.3 is 0 Å². The molecule has 0 unspecified atom stereocenters. The van der Waals surface area contributed by atoms with Crippen LogP contribution in [-0.2, 0) is 4.79 Å². The highest BCUT2D eigenvalue weighted by Gasteiger charge is 2.11. The summed E-state index contributed by atoms with van der Waals surface area (Å²) in [6, 6.07) is 13.5. The molecule has 0 aliphatic heterocycles. The fraction of sp³-hybridized carbons (Fsp3) is 0.0667. The number of para-hydroxylation sites is 2. The number of nitrogens with one attached hydrogen (secondary N) is 2. The number of nitriles is 1. The van der Waals surface area contributed by atoms with Crippen LogP contribution in [0.3, 0.4) is 0 Å². The van der Waals surface area contributed by atoms with E-state index in [-0.39, 0.29) is 18.0 Å². The average Bonchev–Trinajstić information content (AvgIpc) is 2.50. The molecule has 0 atom stereocenters. The van der Waals surface area contributed by atoms with Gasteiger partial charge in [0.05, 0.1) is 17.4 Å². The first kappa shape index (κ1) is 14.2. The van der Waals surface area contributed by atoms with Crippen LogP contribution in [0.25, 0.3) is 0 Å². The van der Waals surface area contributed by atoms with Gasteiger partial charge in [-0.3, -0.25) is 14.6 Å². The quantitative estimate of drug-likeness (QED) is 0.897. The Morgan fingerprint density at radius 2 is 1.71 bits per heavy atom. The lowest BCUT2D eigenvalue weighted by Crippen LogP contribution is -2.17. The molecular weight excluding hydrogens is 268 g/mol. The molecular formula is C15H12N4O2. The zero-order chi connectivity index (χ0) is 15.1. The summed E-state index contributed by atoms with van der Waals surface area (Å²) in [5, 5.41) is 13.7. The van der Waals surface area contributed by atoms with Gasteiger partial charge in [0.2, 0.25) is 5.91 Å². The molecule has 0 saturated carbocycles. The zero-order valence-corrected chi connectivity index (χ0v) is 11.0. The first-order valence-corrected chi connectivity index (χ1v) is 6.19. The third kappa shape index (κ3) is 3.88. The summed E-state index contributed by atoms with van der Waals surface area (Å²) in [6.45, 7) is 0. The van der Waals surface area contributed by atoms with Crippen LogP contribution in [0.1, 0.15) is 16.9 Å². The van der Waals surface area contributed by atoms with Crippen molar-refractivity contribution in [2.75, 3.05) is 10.6 Å².